The third-order valence-electron chi connectivity index (χ3n) is 4.33. The lowest BCUT2D eigenvalue weighted by atomic mass is 9.77. The van der Waals surface area contributed by atoms with Crippen LogP contribution in [0.1, 0.15) is 46.4 Å². The summed E-state index contributed by atoms with van der Waals surface area (Å²) in [7, 11) is 0. The molecule has 0 saturated heterocycles. The van der Waals surface area contributed by atoms with Crippen molar-refractivity contribution in [2.75, 3.05) is 6.61 Å². The molecule has 0 amide bonds. The lowest BCUT2D eigenvalue weighted by molar-refractivity contribution is 0.0943. The molecule has 0 spiro atoms. The molecule has 20 heavy (non-hydrogen) atoms. The minimum absolute atomic E-state index is 0.00657. The van der Waals surface area contributed by atoms with Crippen LogP contribution in [-0.2, 0) is 4.74 Å². The van der Waals surface area contributed by atoms with Crippen molar-refractivity contribution in [1.82, 2.24) is 0 Å². The van der Waals surface area contributed by atoms with Gasteiger partial charge in [-0.2, -0.15) is 0 Å². The third kappa shape index (κ3) is 1.46. The van der Waals surface area contributed by atoms with Crippen LogP contribution in [0, 0.1) is 0 Å². The van der Waals surface area contributed by atoms with Crippen molar-refractivity contribution in [3.05, 3.63) is 57.9 Å². The Bertz CT molecular complexity index is 707. The Morgan fingerprint density at radius 3 is 2.35 bits per heavy atom. The molecule has 1 aromatic carbocycles. The Morgan fingerprint density at radius 2 is 1.55 bits per heavy atom. The number of hydrogen-bond acceptors (Lipinski definition) is 3. The van der Waals surface area contributed by atoms with Gasteiger partial charge in [0.1, 0.15) is 12.4 Å². The highest BCUT2D eigenvalue weighted by atomic mass is 16.5. The van der Waals surface area contributed by atoms with Gasteiger partial charge in [-0.1, -0.05) is 24.3 Å². The molecular formula is C17H14O3. The molecule has 1 aromatic rings. The molecule has 0 fully saturated rings. The predicted octanol–water partition coefficient (Wildman–Crippen LogP) is 3.22. The van der Waals surface area contributed by atoms with Gasteiger partial charge in [-0.15, -0.1) is 0 Å². The highest BCUT2D eigenvalue weighted by molar-refractivity contribution is 6.28. The zero-order valence-corrected chi connectivity index (χ0v) is 11.1. The van der Waals surface area contributed by atoms with Gasteiger partial charge in [0.2, 0.25) is 0 Å². The molecule has 2 aliphatic carbocycles. The highest BCUT2D eigenvalue weighted by Gasteiger charge is 2.38. The van der Waals surface area contributed by atoms with Crippen LogP contribution in [0.4, 0.5) is 0 Å². The van der Waals surface area contributed by atoms with Gasteiger partial charge >= 0.3 is 0 Å². The molecule has 3 nitrogen and oxygen atoms in total. The molecule has 4 rings (SSSR count). The smallest absolute Gasteiger partial charge is 0.194 e. The van der Waals surface area contributed by atoms with Crippen LogP contribution in [0.5, 0.6) is 0 Å². The Hall–Kier alpha value is -2.16. The van der Waals surface area contributed by atoms with E-state index >= 15 is 0 Å². The van der Waals surface area contributed by atoms with Crippen molar-refractivity contribution in [2.24, 2.45) is 0 Å². The van der Waals surface area contributed by atoms with Crippen LogP contribution < -0.4 is 0 Å². The molecule has 0 bridgehead atoms. The zero-order chi connectivity index (χ0) is 13.7. The standard InChI is InChI=1S/C17H14O3/c18-16-10-5-1-2-6-11(10)17(19)15-12-7-3-4-8-14(12)20-9-13(15)16/h1-2,5-6H,3-4,7-9H2. The number of fused-ring (bicyclic) bond motifs is 2. The van der Waals surface area contributed by atoms with E-state index in [9.17, 15) is 9.59 Å². The lowest BCUT2D eigenvalue weighted by Gasteiger charge is -2.31. The van der Waals surface area contributed by atoms with Crippen LogP contribution in [-0.4, -0.2) is 18.2 Å². The number of Topliss-reactive ketones (excluding diaryl/α,β-unsaturated/α-hetero) is 2. The van der Waals surface area contributed by atoms with Gasteiger partial charge in [0.05, 0.1) is 0 Å². The van der Waals surface area contributed by atoms with Crippen LogP contribution in [0.25, 0.3) is 0 Å². The van der Waals surface area contributed by atoms with Crippen molar-refractivity contribution in [2.45, 2.75) is 25.7 Å². The summed E-state index contributed by atoms with van der Waals surface area (Å²) in [4.78, 5) is 25.3. The van der Waals surface area contributed by atoms with Crippen LogP contribution >= 0.6 is 0 Å². The number of benzene rings is 1. The maximum absolute atomic E-state index is 12.8. The first-order valence-electron chi connectivity index (χ1n) is 7.04. The van der Waals surface area contributed by atoms with Gasteiger partial charge in [0.15, 0.2) is 11.6 Å². The summed E-state index contributed by atoms with van der Waals surface area (Å²) < 4.78 is 5.73. The lowest BCUT2D eigenvalue weighted by Crippen LogP contribution is -2.29. The second-order valence-electron chi connectivity index (χ2n) is 5.45. The molecule has 1 heterocycles. The summed E-state index contributed by atoms with van der Waals surface area (Å²) >= 11 is 0. The van der Waals surface area contributed by atoms with E-state index in [4.69, 9.17) is 4.74 Å². The Morgan fingerprint density at radius 1 is 0.850 bits per heavy atom. The minimum atomic E-state index is -0.0488. The summed E-state index contributed by atoms with van der Waals surface area (Å²) in [6, 6.07) is 7.08. The topological polar surface area (TPSA) is 43.4 Å². The second-order valence-corrected chi connectivity index (χ2v) is 5.45. The second kappa shape index (κ2) is 4.17. The fourth-order valence-electron chi connectivity index (χ4n) is 3.34. The quantitative estimate of drug-likeness (QED) is 0.724. The summed E-state index contributed by atoms with van der Waals surface area (Å²) in [5.41, 5.74) is 3.21. The van der Waals surface area contributed by atoms with Crippen molar-refractivity contribution < 1.29 is 14.3 Å². The first-order chi connectivity index (χ1) is 9.77. The number of ether oxygens (including phenoxy) is 1. The van der Waals surface area contributed by atoms with Gasteiger partial charge < -0.3 is 4.74 Å². The van der Waals surface area contributed by atoms with Gasteiger partial charge in [-0.3, -0.25) is 9.59 Å². The van der Waals surface area contributed by atoms with Crippen LogP contribution in [0.3, 0.4) is 0 Å². The number of ketones is 2. The highest BCUT2D eigenvalue weighted by Crippen LogP contribution is 2.40. The predicted molar refractivity (Wildman–Crippen MR) is 73.6 cm³/mol. The first kappa shape index (κ1) is 11.6. The summed E-state index contributed by atoms with van der Waals surface area (Å²) in [6.45, 7) is 0.243. The van der Waals surface area contributed by atoms with E-state index in [0.717, 1.165) is 37.0 Å². The molecule has 0 atom stereocenters. The third-order valence-corrected chi connectivity index (χ3v) is 4.33. The number of allylic oxidation sites excluding steroid dienone is 3. The summed E-state index contributed by atoms with van der Waals surface area (Å²) in [5.74, 6) is 0.871. The fraction of sp³-hybridized carbons (Fsp3) is 0.294. The van der Waals surface area contributed by atoms with E-state index < -0.39 is 0 Å². The SMILES string of the molecule is O=C1C2=C(C(=O)c3ccccc31)C1=C(CCCC1)OC2. The summed E-state index contributed by atoms with van der Waals surface area (Å²) in [5, 5.41) is 0. The first-order valence-corrected chi connectivity index (χ1v) is 7.04. The van der Waals surface area contributed by atoms with Crippen LogP contribution in [0.2, 0.25) is 0 Å². The van der Waals surface area contributed by atoms with E-state index in [1.807, 2.05) is 6.07 Å². The Balaban J connectivity index is 1.94. The van der Waals surface area contributed by atoms with Gasteiger partial charge in [0, 0.05) is 34.3 Å². The Labute approximate surface area is 116 Å². The number of carbonyl (C=O) groups excluding carboxylic acids is 2. The molecule has 0 saturated carbocycles. The van der Waals surface area contributed by atoms with E-state index in [1.165, 1.54) is 0 Å². The molecular weight excluding hydrogens is 252 g/mol. The van der Waals surface area contributed by atoms with E-state index in [-0.39, 0.29) is 18.2 Å². The van der Waals surface area contributed by atoms with Crippen molar-refractivity contribution in [3.8, 4) is 0 Å². The van der Waals surface area contributed by atoms with Crippen molar-refractivity contribution in [1.29, 1.82) is 0 Å². The van der Waals surface area contributed by atoms with Gasteiger partial charge in [-0.25, -0.2) is 0 Å². The van der Waals surface area contributed by atoms with E-state index in [1.54, 1.807) is 18.2 Å². The minimum Gasteiger partial charge on any atom is -0.493 e. The maximum atomic E-state index is 12.8. The molecule has 3 heteroatoms. The number of carbonyl (C=O) groups is 2. The number of hydrogen-bond donors (Lipinski definition) is 0. The largest absolute Gasteiger partial charge is 0.493 e. The number of rotatable bonds is 0. The molecule has 0 radical (unpaired) electrons. The zero-order valence-electron chi connectivity index (χ0n) is 11.1. The molecule has 3 aliphatic rings. The summed E-state index contributed by atoms with van der Waals surface area (Å²) in [6.07, 6.45) is 3.88. The average Bonchev–Trinajstić information content (AvgIpc) is 2.51. The average molecular weight is 266 g/mol. The molecule has 100 valence electrons. The molecule has 0 aromatic heterocycles. The normalized spacial score (nSPS) is 21.2. The van der Waals surface area contributed by atoms with Crippen LogP contribution in [0.15, 0.2) is 46.7 Å². The molecule has 0 N–H and O–H groups in total. The molecule has 1 aliphatic heterocycles. The fourth-order valence-corrected chi connectivity index (χ4v) is 3.34. The maximum Gasteiger partial charge on any atom is 0.194 e. The Kier molecular flexibility index (Phi) is 2.43. The van der Waals surface area contributed by atoms with Crippen molar-refractivity contribution >= 4 is 11.6 Å². The van der Waals surface area contributed by atoms with Crippen molar-refractivity contribution in [3.63, 3.8) is 0 Å². The van der Waals surface area contributed by atoms with E-state index in [0.29, 0.717) is 22.3 Å². The molecule has 0 unspecified atom stereocenters. The van der Waals surface area contributed by atoms with E-state index in [2.05, 4.69) is 0 Å². The van der Waals surface area contributed by atoms with Gasteiger partial charge in [-0.05, 0) is 19.3 Å². The monoisotopic (exact) mass is 266 g/mol. The van der Waals surface area contributed by atoms with Gasteiger partial charge in [0.25, 0.3) is 0 Å².